The van der Waals surface area contributed by atoms with Gasteiger partial charge in [0.05, 0.1) is 25.0 Å². The average Bonchev–Trinajstić information content (AvgIpc) is 3.26. The molecule has 0 saturated carbocycles. The van der Waals surface area contributed by atoms with Gasteiger partial charge in [-0.2, -0.15) is 0 Å². The molecule has 1 aliphatic heterocycles. The lowest BCUT2D eigenvalue weighted by molar-refractivity contribution is -0.132. The highest BCUT2D eigenvalue weighted by Crippen LogP contribution is 2.22. The molecule has 1 unspecified atom stereocenters. The van der Waals surface area contributed by atoms with Gasteiger partial charge in [0, 0.05) is 38.0 Å². The maximum absolute atomic E-state index is 12.2. The minimum Gasteiger partial charge on any atom is -0.444 e. The molecule has 25 heavy (non-hydrogen) atoms. The number of rotatable bonds is 6. The first-order chi connectivity index (χ1) is 11.9. The summed E-state index contributed by atoms with van der Waals surface area (Å²) in [6.45, 7) is 10.5. The molecule has 7 heteroatoms. The van der Waals surface area contributed by atoms with Gasteiger partial charge in [-0.05, 0) is 13.3 Å². The fourth-order valence-corrected chi connectivity index (χ4v) is 3.23. The Kier molecular flexibility index (Phi) is 5.22. The molecule has 1 saturated heterocycles. The van der Waals surface area contributed by atoms with E-state index in [1.807, 2.05) is 17.9 Å². The second-order valence-corrected chi connectivity index (χ2v) is 7.07. The SMILES string of the molecule is CC(=O)N(Cc1ncc(C(C)C)o1)C1CCN(Cc2cc(C)no2)C1. The van der Waals surface area contributed by atoms with Crippen LogP contribution in [0.4, 0.5) is 0 Å². The van der Waals surface area contributed by atoms with Gasteiger partial charge >= 0.3 is 0 Å². The summed E-state index contributed by atoms with van der Waals surface area (Å²) in [6.07, 6.45) is 2.69. The summed E-state index contributed by atoms with van der Waals surface area (Å²) in [5.41, 5.74) is 0.890. The molecule has 3 heterocycles. The normalized spacial score (nSPS) is 18.2. The van der Waals surface area contributed by atoms with Gasteiger partial charge in [0.25, 0.3) is 0 Å². The summed E-state index contributed by atoms with van der Waals surface area (Å²) in [6, 6.07) is 2.12. The summed E-state index contributed by atoms with van der Waals surface area (Å²) in [7, 11) is 0. The largest absolute Gasteiger partial charge is 0.444 e. The van der Waals surface area contributed by atoms with Gasteiger partial charge in [-0.3, -0.25) is 9.69 Å². The number of aryl methyl sites for hydroxylation is 1. The van der Waals surface area contributed by atoms with Crippen molar-refractivity contribution in [3.05, 3.63) is 35.4 Å². The van der Waals surface area contributed by atoms with Gasteiger partial charge in [-0.15, -0.1) is 0 Å². The molecule has 1 fully saturated rings. The monoisotopic (exact) mass is 346 g/mol. The summed E-state index contributed by atoms with van der Waals surface area (Å²) in [4.78, 5) is 20.6. The molecule has 136 valence electrons. The predicted octanol–water partition coefficient (Wildman–Crippen LogP) is 2.72. The van der Waals surface area contributed by atoms with Crippen molar-refractivity contribution in [2.45, 2.75) is 59.2 Å². The van der Waals surface area contributed by atoms with E-state index in [0.29, 0.717) is 18.4 Å². The van der Waals surface area contributed by atoms with E-state index in [1.165, 1.54) is 0 Å². The highest BCUT2D eigenvalue weighted by molar-refractivity contribution is 5.73. The molecular formula is C18H26N4O3. The van der Waals surface area contributed by atoms with Crippen molar-refractivity contribution in [2.75, 3.05) is 13.1 Å². The van der Waals surface area contributed by atoms with E-state index in [2.05, 4.69) is 28.9 Å². The summed E-state index contributed by atoms with van der Waals surface area (Å²) in [5, 5.41) is 3.93. The van der Waals surface area contributed by atoms with Crippen molar-refractivity contribution in [3.63, 3.8) is 0 Å². The highest BCUT2D eigenvalue weighted by atomic mass is 16.5. The first kappa shape index (κ1) is 17.7. The minimum absolute atomic E-state index is 0.0478. The lowest BCUT2D eigenvalue weighted by atomic mass is 10.2. The van der Waals surface area contributed by atoms with Gasteiger partial charge < -0.3 is 13.8 Å². The number of nitrogens with zero attached hydrogens (tertiary/aromatic N) is 4. The van der Waals surface area contributed by atoms with Crippen LogP contribution in [-0.2, 0) is 17.9 Å². The average molecular weight is 346 g/mol. The van der Waals surface area contributed by atoms with Crippen LogP contribution in [0.3, 0.4) is 0 Å². The Hall–Kier alpha value is -2.15. The Balaban J connectivity index is 1.61. The maximum atomic E-state index is 12.2. The van der Waals surface area contributed by atoms with Crippen molar-refractivity contribution in [2.24, 2.45) is 0 Å². The lowest BCUT2D eigenvalue weighted by Gasteiger charge is -2.26. The second-order valence-electron chi connectivity index (χ2n) is 7.07. The number of carbonyl (C=O) groups excluding carboxylic acids is 1. The number of amides is 1. The van der Waals surface area contributed by atoms with E-state index in [1.54, 1.807) is 13.1 Å². The number of hydrogen-bond donors (Lipinski definition) is 0. The fraction of sp³-hybridized carbons (Fsp3) is 0.611. The van der Waals surface area contributed by atoms with E-state index in [0.717, 1.165) is 43.3 Å². The fourth-order valence-electron chi connectivity index (χ4n) is 3.23. The number of oxazole rings is 1. The zero-order valence-electron chi connectivity index (χ0n) is 15.4. The second kappa shape index (κ2) is 7.39. The van der Waals surface area contributed by atoms with Crippen LogP contribution in [0.15, 0.2) is 21.2 Å². The number of aromatic nitrogens is 2. The third-order valence-electron chi connectivity index (χ3n) is 4.60. The third kappa shape index (κ3) is 4.28. The molecule has 0 radical (unpaired) electrons. The van der Waals surface area contributed by atoms with Crippen LogP contribution in [-0.4, -0.2) is 45.0 Å². The molecule has 0 spiro atoms. The summed E-state index contributed by atoms with van der Waals surface area (Å²) < 4.78 is 11.1. The van der Waals surface area contributed by atoms with E-state index < -0.39 is 0 Å². The number of carbonyl (C=O) groups is 1. The standard InChI is InChI=1S/C18H26N4O3/c1-12(2)17-8-19-18(24-17)11-22(14(4)23)15-5-6-21(9-15)10-16-7-13(3)20-25-16/h7-8,12,15H,5-6,9-11H2,1-4H3. The van der Waals surface area contributed by atoms with Crippen LogP contribution in [0.5, 0.6) is 0 Å². The lowest BCUT2D eigenvalue weighted by Crippen LogP contribution is -2.40. The van der Waals surface area contributed by atoms with Crippen molar-refractivity contribution >= 4 is 5.91 Å². The molecule has 1 atom stereocenters. The van der Waals surface area contributed by atoms with Gasteiger partial charge in [0.15, 0.2) is 5.76 Å². The first-order valence-electron chi connectivity index (χ1n) is 8.78. The Morgan fingerprint density at radius 2 is 2.28 bits per heavy atom. The number of hydrogen-bond acceptors (Lipinski definition) is 6. The predicted molar refractivity (Wildman–Crippen MR) is 91.7 cm³/mol. The van der Waals surface area contributed by atoms with Crippen molar-refractivity contribution < 1.29 is 13.7 Å². The molecule has 2 aromatic heterocycles. The van der Waals surface area contributed by atoms with Gasteiger partial charge in [-0.25, -0.2) is 4.98 Å². The van der Waals surface area contributed by atoms with Crippen LogP contribution in [0, 0.1) is 6.92 Å². The maximum Gasteiger partial charge on any atom is 0.220 e. The Bertz CT molecular complexity index is 721. The smallest absolute Gasteiger partial charge is 0.220 e. The van der Waals surface area contributed by atoms with Crippen molar-refractivity contribution in [1.82, 2.24) is 19.9 Å². The van der Waals surface area contributed by atoms with Gasteiger partial charge in [0.2, 0.25) is 11.8 Å². The van der Waals surface area contributed by atoms with Crippen LogP contribution in [0.2, 0.25) is 0 Å². The van der Waals surface area contributed by atoms with E-state index in [9.17, 15) is 4.79 Å². The molecule has 0 aliphatic carbocycles. The molecule has 0 aromatic carbocycles. The summed E-state index contributed by atoms with van der Waals surface area (Å²) >= 11 is 0. The molecule has 1 amide bonds. The Morgan fingerprint density at radius 1 is 1.48 bits per heavy atom. The molecule has 1 aliphatic rings. The minimum atomic E-state index is 0.0478. The Labute approximate surface area is 148 Å². The quantitative estimate of drug-likeness (QED) is 0.800. The molecular weight excluding hydrogens is 320 g/mol. The Morgan fingerprint density at radius 3 is 2.88 bits per heavy atom. The van der Waals surface area contributed by atoms with Crippen LogP contribution in [0.1, 0.15) is 56.2 Å². The molecule has 2 aromatic rings. The molecule has 3 rings (SSSR count). The zero-order valence-corrected chi connectivity index (χ0v) is 15.4. The molecule has 0 bridgehead atoms. The third-order valence-corrected chi connectivity index (χ3v) is 4.60. The summed E-state index contributed by atoms with van der Waals surface area (Å²) in [5.74, 6) is 2.66. The van der Waals surface area contributed by atoms with E-state index in [-0.39, 0.29) is 11.9 Å². The van der Waals surface area contributed by atoms with Crippen LogP contribution in [0.25, 0.3) is 0 Å². The number of likely N-dealkylation sites (tertiary alicyclic amines) is 1. The molecule has 0 N–H and O–H groups in total. The van der Waals surface area contributed by atoms with Gasteiger partial charge in [-0.1, -0.05) is 19.0 Å². The highest BCUT2D eigenvalue weighted by Gasteiger charge is 2.30. The van der Waals surface area contributed by atoms with Crippen molar-refractivity contribution in [1.29, 1.82) is 0 Å². The van der Waals surface area contributed by atoms with Crippen molar-refractivity contribution in [3.8, 4) is 0 Å². The zero-order chi connectivity index (χ0) is 18.0. The van der Waals surface area contributed by atoms with Crippen LogP contribution >= 0.6 is 0 Å². The topological polar surface area (TPSA) is 75.6 Å². The van der Waals surface area contributed by atoms with E-state index >= 15 is 0 Å². The van der Waals surface area contributed by atoms with E-state index in [4.69, 9.17) is 8.94 Å². The van der Waals surface area contributed by atoms with Crippen LogP contribution < -0.4 is 0 Å². The molecule has 7 nitrogen and oxygen atoms in total. The first-order valence-corrected chi connectivity index (χ1v) is 8.78. The van der Waals surface area contributed by atoms with Gasteiger partial charge in [0.1, 0.15) is 5.76 Å².